The molecule has 0 radical (unpaired) electrons. The van der Waals surface area contributed by atoms with Crippen LogP contribution in [0, 0.1) is 0 Å². The highest BCUT2D eigenvalue weighted by Crippen LogP contribution is 2.56. The molecule has 0 nitrogen and oxygen atoms in total. The molecule has 1 saturated heterocycles. The topological polar surface area (TPSA) is 0 Å². The molecule has 2 rings (SSSR count). The van der Waals surface area contributed by atoms with Crippen LogP contribution in [0.4, 0.5) is 0 Å². The van der Waals surface area contributed by atoms with Crippen molar-refractivity contribution in [3.63, 3.8) is 0 Å². The summed E-state index contributed by atoms with van der Waals surface area (Å²) in [6, 6.07) is 4.34. The fourth-order valence-electron chi connectivity index (χ4n) is 1.22. The van der Waals surface area contributed by atoms with Crippen molar-refractivity contribution >= 4 is 47.5 Å². The van der Waals surface area contributed by atoms with Crippen LogP contribution in [-0.4, -0.2) is 10.3 Å². The summed E-state index contributed by atoms with van der Waals surface area (Å²) in [6.45, 7) is 2.30. The van der Waals surface area contributed by atoms with E-state index in [1.807, 2.05) is 34.9 Å². The third-order valence-electron chi connectivity index (χ3n) is 1.83. The lowest BCUT2D eigenvalue weighted by Gasteiger charge is -2.19. The molecule has 2 heterocycles. The molecule has 0 N–H and O–H groups in total. The highest BCUT2D eigenvalue weighted by molar-refractivity contribution is 8.25. The number of thioether (sulfide) groups is 2. The lowest BCUT2D eigenvalue weighted by molar-refractivity contribution is 1.06. The Bertz CT molecular complexity index is 256. The maximum Gasteiger partial charge on any atom is 0.0935 e. The lowest BCUT2D eigenvalue weighted by atomic mass is 10.4. The minimum Gasteiger partial charge on any atom is -0.164 e. The minimum absolute atomic E-state index is 0.264. The van der Waals surface area contributed by atoms with Crippen molar-refractivity contribution in [1.82, 2.24) is 0 Å². The van der Waals surface area contributed by atoms with Gasteiger partial charge in [-0.15, -0.1) is 34.9 Å². The summed E-state index contributed by atoms with van der Waals surface area (Å²) < 4.78 is 0.766. The van der Waals surface area contributed by atoms with Crippen LogP contribution in [0.25, 0.3) is 0 Å². The van der Waals surface area contributed by atoms with E-state index in [2.05, 4.69) is 37.1 Å². The summed E-state index contributed by atoms with van der Waals surface area (Å²) in [6.07, 6.45) is 0. The second kappa shape index (κ2) is 3.48. The van der Waals surface area contributed by atoms with Gasteiger partial charge in [0.1, 0.15) is 0 Å². The van der Waals surface area contributed by atoms with Crippen LogP contribution < -0.4 is 0 Å². The van der Waals surface area contributed by atoms with Gasteiger partial charge in [0, 0.05) is 10.6 Å². The molecule has 12 heavy (non-hydrogen) atoms. The van der Waals surface area contributed by atoms with Gasteiger partial charge in [-0.3, -0.25) is 0 Å². The van der Waals surface area contributed by atoms with E-state index in [1.165, 1.54) is 4.88 Å². The Morgan fingerprint density at radius 2 is 2.50 bits per heavy atom. The highest BCUT2D eigenvalue weighted by Gasteiger charge is 2.37. The van der Waals surface area contributed by atoms with Gasteiger partial charge in [0.25, 0.3) is 0 Å². The molecular formula is C8H10S4. The van der Waals surface area contributed by atoms with Gasteiger partial charge in [0.15, 0.2) is 0 Å². The Balaban J connectivity index is 2.23. The molecule has 66 valence electrons. The number of hydrogen-bond acceptors (Lipinski definition) is 4. The number of thiophene rings is 1. The molecule has 4 heteroatoms. The Hall–Kier alpha value is 0.750. The van der Waals surface area contributed by atoms with Crippen LogP contribution in [0.1, 0.15) is 11.8 Å². The van der Waals surface area contributed by atoms with Gasteiger partial charge in [-0.05, 0) is 18.4 Å². The molecule has 0 spiro atoms. The van der Waals surface area contributed by atoms with Crippen LogP contribution in [0.3, 0.4) is 0 Å². The van der Waals surface area contributed by atoms with Crippen LogP contribution in [0.15, 0.2) is 17.5 Å². The second-order valence-electron chi connectivity index (χ2n) is 2.81. The number of rotatable bonds is 1. The molecule has 0 aliphatic carbocycles. The zero-order valence-corrected chi connectivity index (χ0v) is 10.0. The monoisotopic (exact) mass is 234 g/mol. The summed E-state index contributed by atoms with van der Waals surface area (Å²) >= 11 is 10.3. The summed E-state index contributed by atoms with van der Waals surface area (Å²) in [5, 5.41) is 2.15. The molecule has 0 bridgehead atoms. The molecule has 0 aromatic carbocycles. The number of thiol groups is 1. The Morgan fingerprint density at radius 1 is 1.67 bits per heavy atom. The number of hydrogen-bond donors (Lipinski definition) is 1. The van der Waals surface area contributed by atoms with Gasteiger partial charge >= 0.3 is 0 Å². The average Bonchev–Trinajstić information content (AvgIpc) is 2.59. The van der Waals surface area contributed by atoms with Gasteiger partial charge in [-0.25, -0.2) is 0 Å². The first-order valence-electron chi connectivity index (χ1n) is 3.74. The first kappa shape index (κ1) is 9.31. The van der Waals surface area contributed by atoms with Crippen molar-refractivity contribution in [2.45, 2.75) is 15.6 Å². The van der Waals surface area contributed by atoms with E-state index in [4.69, 9.17) is 0 Å². The highest BCUT2D eigenvalue weighted by atomic mass is 32.2. The summed E-state index contributed by atoms with van der Waals surface area (Å²) in [5.41, 5.74) is 0. The van der Waals surface area contributed by atoms with Gasteiger partial charge in [0.2, 0.25) is 0 Å². The largest absolute Gasteiger partial charge is 0.164 e. The lowest BCUT2D eigenvalue weighted by Crippen LogP contribution is -2.05. The SMILES string of the molecule is CC1(c2cccs2)SCC(S)S1. The van der Waals surface area contributed by atoms with Crippen LogP contribution >= 0.6 is 47.5 Å². The van der Waals surface area contributed by atoms with Crippen molar-refractivity contribution in [3.05, 3.63) is 22.4 Å². The first-order valence-corrected chi connectivity index (χ1v) is 7.01. The third kappa shape index (κ3) is 1.67. The van der Waals surface area contributed by atoms with Crippen molar-refractivity contribution < 1.29 is 0 Å². The first-order chi connectivity index (χ1) is 5.71. The van der Waals surface area contributed by atoms with Crippen molar-refractivity contribution in [2.24, 2.45) is 0 Å². The standard InChI is InChI=1S/C8H10S4/c1-8(6-3-2-4-10-6)11-5-7(9)12-8/h2-4,7,9H,5H2,1H3. The van der Waals surface area contributed by atoms with E-state index in [-0.39, 0.29) is 4.08 Å². The second-order valence-corrected chi connectivity index (χ2v) is 8.05. The molecule has 0 amide bonds. The van der Waals surface area contributed by atoms with Gasteiger partial charge in [-0.1, -0.05) is 6.07 Å². The van der Waals surface area contributed by atoms with E-state index in [0.717, 1.165) is 5.75 Å². The average molecular weight is 234 g/mol. The molecule has 1 aromatic heterocycles. The van der Waals surface area contributed by atoms with Crippen molar-refractivity contribution in [1.29, 1.82) is 0 Å². The van der Waals surface area contributed by atoms with Crippen molar-refractivity contribution in [3.8, 4) is 0 Å². The molecule has 0 saturated carbocycles. The Labute approximate surface area is 90.9 Å². The smallest absolute Gasteiger partial charge is 0.0935 e. The predicted octanol–water partition coefficient (Wildman–Crippen LogP) is 3.66. The zero-order valence-electron chi connectivity index (χ0n) is 6.69. The van der Waals surface area contributed by atoms with Gasteiger partial charge in [-0.2, -0.15) is 12.6 Å². The maximum atomic E-state index is 4.48. The van der Waals surface area contributed by atoms with E-state index < -0.39 is 0 Å². The third-order valence-corrected chi connectivity index (χ3v) is 7.16. The molecule has 2 atom stereocenters. The molecule has 2 unspecified atom stereocenters. The molecule has 1 aliphatic heterocycles. The van der Waals surface area contributed by atoms with Crippen molar-refractivity contribution in [2.75, 3.05) is 5.75 Å². The van der Waals surface area contributed by atoms with E-state index in [9.17, 15) is 0 Å². The molecule has 1 aliphatic rings. The van der Waals surface area contributed by atoms with Crippen LogP contribution in [0.2, 0.25) is 0 Å². The zero-order chi connectivity index (χ0) is 8.60. The summed E-state index contributed by atoms with van der Waals surface area (Å²) in [7, 11) is 0. The summed E-state index contributed by atoms with van der Waals surface area (Å²) in [4.78, 5) is 1.47. The fraction of sp³-hybridized carbons (Fsp3) is 0.500. The fourth-order valence-corrected chi connectivity index (χ4v) is 6.25. The predicted molar refractivity (Wildman–Crippen MR) is 64.5 cm³/mol. The van der Waals surface area contributed by atoms with E-state index in [0.29, 0.717) is 4.58 Å². The normalized spacial score (nSPS) is 35.7. The van der Waals surface area contributed by atoms with Crippen LogP contribution in [0.5, 0.6) is 0 Å². The Kier molecular flexibility index (Phi) is 2.70. The molecular weight excluding hydrogens is 224 g/mol. The minimum atomic E-state index is 0.264. The van der Waals surface area contributed by atoms with Gasteiger partial charge in [0.05, 0.1) is 8.66 Å². The molecule has 1 aromatic rings. The Morgan fingerprint density at radius 3 is 3.00 bits per heavy atom. The van der Waals surface area contributed by atoms with E-state index >= 15 is 0 Å². The van der Waals surface area contributed by atoms with E-state index in [1.54, 1.807) is 0 Å². The summed E-state index contributed by atoms with van der Waals surface area (Å²) in [5.74, 6) is 1.15. The van der Waals surface area contributed by atoms with Crippen LogP contribution in [-0.2, 0) is 4.08 Å². The molecule has 1 fully saturated rings. The quantitative estimate of drug-likeness (QED) is 0.737. The maximum absolute atomic E-state index is 4.48. The van der Waals surface area contributed by atoms with Gasteiger partial charge < -0.3 is 0 Å².